The maximum Gasteiger partial charge on any atom is 0.200 e. The number of aromatic amines is 1. The van der Waals surface area contributed by atoms with Crippen LogP contribution in [0.2, 0.25) is 5.02 Å². The Balaban J connectivity index is 2.18. The zero-order valence-electron chi connectivity index (χ0n) is 11.9. The summed E-state index contributed by atoms with van der Waals surface area (Å²) in [6, 6.07) is 15.8. The molecule has 0 saturated carbocycles. The minimum atomic E-state index is 0.564. The van der Waals surface area contributed by atoms with E-state index in [-0.39, 0.29) is 0 Å². The van der Waals surface area contributed by atoms with Crippen molar-refractivity contribution in [1.82, 2.24) is 14.8 Å². The van der Waals surface area contributed by atoms with Crippen molar-refractivity contribution < 1.29 is 0 Å². The van der Waals surface area contributed by atoms with Gasteiger partial charge in [-0.05, 0) is 48.3 Å². The maximum absolute atomic E-state index is 5.97. The SMILES string of the molecule is CCSc1ccccc1-c1n[nH]c(=S)n1-c1ccc(Cl)cc1. The molecule has 1 aromatic heterocycles. The topological polar surface area (TPSA) is 33.6 Å². The van der Waals surface area contributed by atoms with Crippen molar-refractivity contribution in [3.63, 3.8) is 0 Å². The lowest BCUT2D eigenvalue weighted by Gasteiger charge is -2.10. The van der Waals surface area contributed by atoms with E-state index in [0.29, 0.717) is 9.79 Å². The Kier molecular flexibility index (Phi) is 4.66. The number of thioether (sulfide) groups is 1. The molecule has 0 unspecified atom stereocenters. The van der Waals surface area contributed by atoms with Crippen molar-refractivity contribution in [2.24, 2.45) is 0 Å². The number of hydrogen-bond acceptors (Lipinski definition) is 3. The summed E-state index contributed by atoms with van der Waals surface area (Å²) in [7, 11) is 0. The first kappa shape index (κ1) is 15.3. The van der Waals surface area contributed by atoms with Crippen LogP contribution in [-0.2, 0) is 0 Å². The van der Waals surface area contributed by atoms with Crippen molar-refractivity contribution in [2.45, 2.75) is 11.8 Å². The van der Waals surface area contributed by atoms with Gasteiger partial charge in [0.25, 0.3) is 0 Å². The molecule has 0 saturated heterocycles. The lowest BCUT2D eigenvalue weighted by molar-refractivity contribution is 1.03. The number of hydrogen-bond donors (Lipinski definition) is 1. The van der Waals surface area contributed by atoms with Gasteiger partial charge in [-0.25, -0.2) is 0 Å². The summed E-state index contributed by atoms with van der Waals surface area (Å²) in [4.78, 5) is 1.19. The predicted molar refractivity (Wildman–Crippen MR) is 95.6 cm³/mol. The lowest BCUT2D eigenvalue weighted by Crippen LogP contribution is -1.98. The molecule has 0 bridgehead atoms. The Morgan fingerprint density at radius 2 is 1.91 bits per heavy atom. The molecule has 3 aromatic rings. The molecule has 0 aliphatic heterocycles. The summed E-state index contributed by atoms with van der Waals surface area (Å²) >= 11 is 13.2. The van der Waals surface area contributed by atoms with Crippen LogP contribution < -0.4 is 0 Å². The van der Waals surface area contributed by atoms with E-state index < -0.39 is 0 Å². The van der Waals surface area contributed by atoms with Crippen molar-refractivity contribution in [3.8, 4) is 17.1 Å². The van der Waals surface area contributed by atoms with Gasteiger partial charge in [0.2, 0.25) is 0 Å². The number of nitrogens with zero attached hydrogens (tertiary/aromatic N) is 2. The van der Waals surface area contributed by atoms with Gasteiger partial charge in [0.15, 0.2) is 10.6 Å². The largest absolute Gasteiger partial charge is 0.268 e. The van der Waals surface area contributed by atoms with Gasteiger partial charge in [0.1, 0.15) is 0 Å². The highest BCUT2D eigenvalue weighted by molar-refractivity contribution is 7.99. The fraction of sp³-hybridized carbons (Fsp3) is 0.125. The molecule has 3 rings (SSSR count). The third kappa shape index (κ3) is 2.97. The van der Waals surface area contributed by atoms with E-state index >= 15 is 0 Å². The zero-order chi connectivity index (χ0) is 15.5. The second-order valence-electron chi connectivity index (χ2n) is 4.59. The molecule has 2 aromatic carbocycles. The Labute approximate surface area is 143 Å². The van der Waals surface area contributed by atoms with Gasteiger partial charge in [-0.2, -0.15) is 5.10 Å². The summed E-state index contributed by atoms with van der Waals surface area (Å²) < 4.78 is 2.49. The van der Waals surface area contributed by atoms with Crippen LogP contribution in [0, 0.1) is 4.77 Å². The highest BCUT2D eigenvalue weighted by Gasteiger charge is 2.14. The van der Waals surface area contributed by atoms with Crippen LogP contribution in [0.1, 0.15) is 6.92 Å². The number of benzene rings is 2. The normalized spacial score (nSPS) is 10.8. The number of halogens is 1. The average molecular weight is 348 g/mol. The second-order valence-corrected chi connectivity index (χ2v) is 6.72. The van der Waals surface area contributed by atoms with E-state index in [1.807, 2.05) is 41.0 Å². The molecular formula is C16H14ClN3S2. The summed E-state index contributed by atoms with van der Waals surface area (Å²) in [5.41, 5.74) is 2.01. The monoisotopic (exact) mass is 347 g/mol. The van der Waals surface area contributed by atoms with Gasteiger partial charge in [-0.3, -0.25) is 9.67 Å². The minimum Gasteiger partial charge on any atom is -0.268 e. The smallest absolute Gasteiger partial charge is 0.200 e. The molecule has 0 aliphatic carbocycles. The molecule has 22 heavy (non-hydrogen) atoms. The van der Waals surface area contributed by atoms with Gasteiger partial charge >= 0.3 is 0 Å². The van der Waals surface area contributed by atoms with Gasteiger partial charge < -0.3 is 0 Å². The molecule has 0 fully saturated rings. The van der Waals surface area contributed by atoms with Crippen LogP contribution in [0.15, 0.2) is 53.4 Å². The van der Waals surface area contributed by atoms with Crippen LogP contribution in [0.25, 0.3) is 17.1 Å². The molecule has 0 amide bonds. The quantitative estimate of drug-likeness (QED) is 0.509. The van der Waals surface area contributed by atoms with Crippen molar-refractivity contribution in [2.75, 3.05) is 5.75 Å². The van der Waals surface area contributed by atoms with Crippen LogP contribution in [0.3, 0.4) is 0 Å². The molecule has 0 radical (unpaired) electrons. The first-order chi connectivity index (χ1) is 10.7. The number of aromatic nitrogens is 3. The van der Waals surface area contributed by atoms with Gasteiger partial charge in [0, 0.05) is 15.5 Å². The Morgan fingerprint density at radius 3 is 2.64 bits per heavy atom. The lowest BCUT2D eigenvalue weighted by atomic mass is 10.2. The number of H-pyrrole nitrogens is 1. The van der Waals surface area contributed by atoms with E-state index in [0.717, 1.165) is 22.8 Å². The molecule has 0 spiro atoms. The maximum atomic E-state index is 5.97. The van der Waals surface area contributed by atoms with Crippen molar-refractivity contribution in [1.29, 1.82) is 0 Å². The Hall–Kier alpha value is -1.56. The van der Waals surface area contributed by atoms with Crippen molar-refractivity contribution >= 4 is 35.6 Å². The molecule has 0 aliphatic rings. The van der Waals surface area contributed by atoms with Crippen LogP contribution in [0.5, 0.6) is 0 Å². The van der Waals surface area contributed by atoms with Gasteiger partial charge in [-0.15, -0.1) is 11.8 Å². The summed E-state index contributed by atoms with van der Waals surface area (Å²) in [5.74, 6) is 1.81. The molecule has 6 heteroatoms. The van der Waals surface area contributed by atoms with E-state index in [9.17, 15) is 0 Å². The van der Waals surface area contributed by atoms with Gasteiger partial charge in [0.05, 0.1) is 5.69 Å². The van der Waals surface area contributed by atoms with E-state index in [1.54, 1.807) is 11.8 Å². The molecular weight excluding hydrogens is 334 g/mol. The summed E-state index contributed by atoms with van der Waals surface area (Å²) in [6.07, 6.45) is 0. The zero-order valence-corrected chi connectivity index (χ0v) is 14.3. The molecule has 112 valence electrons. The van der Waals surface area contributed by atoms with E-state index in [4.69, 9.17) is 23.8 Å². The fourth-order valence-corrected chi connectivity index (χ4v) is 3.40. The molecule has 3 nitrogen and oxygen atoms in total. The van der Waals surface area contributed by atoms with Gasteiger partial charge in [-0.1, -0.05) is 36.7 Å². The highest BCUT2D eigenvalue weighted by Crippen LogP contribution is 2.31. The van der Waals surface area contributed by atoms with Crippen LogP contribution in [0.4, 0.5) is 0 Å². The Bertz CT molecular complexity index is 837. The van der Waals surface area contributed by atoms with Crippen LogP contribution >= 0.6 is 35.6 Å². The van der Waals surface area contributed by atoms with E-state index in [2.05, 4.69) is 29.3 Å². The molecule has 0 atom stereocenters. The summed E-state index contributed by atoms with van der Waals surface area (Å²) in [5, 5.41) is 8.02. The minimum absolute atomic E-state index is 0.564. The average Bonchev–Trinajstić information content (AvgIpc) is 2.91. The van der Waals surface area contributed by atoms with Crippen molar-refractivity contribution in [3.05, 3.63) is 58.3 Å². The number of rotatable bonds is 4. The standard InChI is InChI=1S/C16H14ClN3S2/c1-2-22-14-6-4-3-5-13(14)15-18-19-16(21)20(15)12-9-7-11(17)8-10-12/h3-10H,2H2,1H3,(H,19,21). The van der Waals surface area contributed by atoms with E-state index in [1.165, 1.54) is 4.90 Å². The third-order valence-electron chi connectivity index (χ3n) is 3.18. The molecule has 1 heterocycles. The first-order valence-electron chi connectivity index (χ1n) is 6.86. The Morgan fingerprint density at radius 1 is 1.18 bits per heavy atom. The highest BCUT2D eigenvalue weighted by atomic mass is 35.5. The fourth-order valence-electron chi connectivity index (χ4n) is 2.24. The first-order valence-corrected chi connectivity index (χ1v) is 8.63. The third-order valence-corrected chi connectivity index (χ3v) is 4.67. The molecule has 1 N–H and O–H groups in total. The van der Waals surface area contributed by atoms with Crippen LogP contribution in [-0.4, -0.2) is 20.5 Å². The summed E-state index contributed by atoms with van der Waals surface area (Å²) in [6.45, 7) is 2.14. The second kappa shape index (κ2) is 6.69. The number of nitrogens with one attached hydrogen (secondary N) is 1. The predicted octanol–water partition coefficient (Wildman–Crippen LogP) is 5.36.